The van der Waals surface area contributed by atoms with Gasteiger partial charge >= 0.3 is 5.97 Å². The monoisotopic (exact) mass is 125 g/mol. The highest BCUT2D eigenvalue weighted by Crippen LogP contribution is 2.03. The molecule has 1 heterocycles. The number of rotatable bonds is 1. The molecule has 3 atom stereocenters. The van der Waals surface area contributed by atoms with E-state index < -0.39 is 31.3 Å². The molecular weight excluding hydrogens is 112 g/mol. The first kappa shape index (κ1) is 2.35. The average Bonchev–Trinajstić information content (AvgIpc) is 2.14. The fourth-order valence-corrected chi connectivity index (χ4v) is 0.474. The van der Waals surface area contributed by atoms with E-state index in [0.29, 0.717) is 0 Å². The van der Waals surface area contributed by atoms with Gasteiger partial charge in [-0.2, -0.15) is 0 Å². The Hall–Kier alpha value is -0.570. The maximum absolute atomic E-state index is 10.4. The molecule has 1 fully saturated rings. The summed E-state index contributed by atoms with van der Waals surface area (Å²) in [6.45, 7) is -2.07. The topological polar surface area (TPSA) is 49.3 Å². The maximum atomic E-state index is 10.4. The third-order valence-electron chi connectivity index (χ3n) is 0.877. The van der Waals surface area contributed by atoms with E-state index in [2.05, 4.69) is 5.32 Å². The number of nitrogens with one attached hydrogen (secondary N) is 1. The van der Waals surface area contributed by atoms with Gasteiger partial charge in [0.1, 0.15) is 6.04 Å². The Kier molecular flexibility index (Phi) is 0.627. The quantitative estimate of drug-likeness (QED) is 0.377. The van der Waals surface area contributed by atoms with Crippen LogP contribution in [0.25, 0.3) is 0 Å². The predicted octanol–water partition coefficient (Wildman–Crippen LogP) is -0.177. The molecule has 0 aromatic carbocycles. The van der Waals surface area contributed by atoms with Crippen molar-refractivity contribution < 1.29 is 15.4 Å². The third-order valence-corrected chi connectivity index (χ3v) is 0.877. The molecule has 1 rings (SSSR count). The molecule has 0 aliphatic carbocycles. The van der Waals surface area contributed by atoms with Crippen molar-refractivity contribution in [3.8, 4) is 0 Å². The molecule has 1 saturated heterocycles. The summed E-state index contributed by atoms with van der Waals surface area (Å²) in [6, 6.07) is -1.28. The van der Waals surface area contributed by atoms with Gasteiger partial charge in [-0.05, 0) is 19.3 Å². The SMILES string of the molecule is [2H][13CH]1[13C@H]([2H])[13C@@H]([13C](=O)O)[15NH][13C]1([2H])[2H]. The van der Waals surface area contributed by atoms with Gasteiger partial charge in [0.05, 0.1) is 0 Å². The Morgan fingerprint density at radius 3 is 3.00 bits per heavy atom. The zero-order chi connectivity index (χ0) is 9.52. The van der Waals surface area contributed by atoms with Crippen molar-refractivity contribution in [3.05, 3.63) is 0 Å². The lowest BCUT2D eigenvalue weighted by molar-refractivity contribution is -0.139. The van der Waals surface area contributed by atoms with Crippen molar-refractivity contribution in [2.24, 2.45) is 0 Å². The zero-order valence-electron chi connectivity index (χ0n) is 8.09. The molecule has 1 aliphatic rings. The lowest BCUT2D eigenvalue weighted by atomic mass is 11.2. The van der Waals surface area contributed by atoms with E-state index in [-0.39, 0.29) is 0 Å². The van der Waals surface area contributed by atoms with Crippen molar-refractivity contribution in [1.29, 1.82) is 0 Å². The van der Waals surface area contributed by atoms with Crippen LogP contribution in [0.3, 0.4) is 0 Å². The molecule has 8 heavy (non-hydrogen) atoms. The molecule has 1 unspecified atom stereocenters. The summed E-state index contributed by atoms with van der Waals surface area (Å²) in [7, 11) is 0. The first-order valence-corrected chi connectivity index (χ1v) is 2.21. The van der Waals surface area contributed by atoms with Crippen LogP contribution in [0, 0.1) is 0 Å². The van der Waals surface area contributed by atoms with Crippen LogP contribution in [-0.2, 0) is 4.79 Å². The van der Waals surface area contributed by atoms with Gasteiger partial charge in [-0.25, -0.2) is 0 Å². The molecule has 0 radical (unpaired) electrons. The third kappa shape index (κ3) is 0.980. The van der Waals surface area contributed by atoms with Crippen molar-refractivity contribution in [3.63, 3.8) is 0 Å². The Morgan fingerprint density at radius 1 is 2.00 bits per heavy atom. The van der Waals surface area contributed by atoms with Crippen LogP contribution in [-0.4, -0.2) is 23.6 Å². The van der Waals surface area contributed by atoms with E-state index in [4.69, 9.17) is 10.6 Å². The Morgan fingerprint density at radius 2 is 2.75 bits per heavy atom. The highest BCUT2D eigenvalue weighted by Gasteiger charge is 2.20. The Balaban J connectivity index is 2.81. The standard InChI is InChI=1S/C5H9NO2/c7-5(8)4-2-1-3-6-4/h4,6H,1-3H2,(H,7,8)/t4-/m0/s1/i1+1D,2+1D,3+1D2,4+1,5+1,6+1/t1?,2-,4-. The van der Waals surface area contributed by atoms with Crippen LogP contribution in [0.2, 0.25) is 0 Å². The summed E-state index contributed by atoms with van der Waals surface area (Å²) in [5, 5.41) is 10.6. The maximum Gasteiger partial charge on any atom is 0.320 e. The van der Waals surface area contributed by atoms with Crippen LogP contribution in [0.5, 0.6) is 0 Å². The van der Waals surface area contributed by atoms with E-state index in [0.717, 1.165) is 0 Å². The van der Waals surface area contributed by atoms with Crippen LogP contribution in [0.15, 0.2) is 0 Å². The van der Waals surface area contributed by atoms with Crippen LogP contribution in [0.1, 0.15) is 18.3 Å². The molecule has 2 N–H and O–H groups in total. The minimum Gasteiger partial charge on any atom is -0.480 e. The molecule has 0 bridgehead atoms. The van der Waals surface area contributed by atoms with Crippen LogP contribution in [0.4, 0.5) is 0 Å². The fourth-order valence-electron chi connectivity index (χ4n) is 0.474. The summed E-state index contributed by atoms with van der Waals surface area (Å²) >= 11 is 0. The summed E-state index contributed by atoms with van der Waals surface area (Å²) in [5.41, 5.74) is 0. The number of hydrogen-bond donors (Lipinski definition) is 2. The summed E-state index contributed by atoms with van der Waals surface area (Å²) < 4.78 is 28.6. The summed E-state index contributed by atoms with van der Waals surface area (Å²) in [4.78, 5) is 10.4. The van der Waals surface area contributed by atoms with Crippen molar-refractivity contribution in [1.82, 2.24) is 5.32 Å². The molecule has 1 aliphatic heterocycles. The second-order valence-corrected chi connectivity index (χ2v) is 1.46. The molecule has 0 amide bonds. The van der Waals surface area contributed by atoms with Gasteiger partial charge < -0.3 is 10.4 Å². The van der Waals surface area contributed by atoms with E-state index in [1.807, 2.05) is 0 Å². The lowest BCUT2D eigenvalue weighted by Gasteiger charge is -1.99. The van der Waals surface area contributed by atoms with Crippen LogP contribution >= 0.6 is 0 Å². The summed E-state index contributed by atoms with van der Waals surface area (Å²) in [5.74, 6) is -1.28. The highest BCUT2D eigenvalue weighted by atomic mass is 16.5. The van der Waals surface area contributed by atoms with Gasteiger partial charge in [0.2, 0.25) is 0 Å². The molecule has 0 aromatic heterocycles. The molecular formula is C5H9NO2. The number of carboxylic acid groups (broad SMARTS) is 1. The number of carbonyl (C=O) groups is 1. The van der Waals surface area contributed by atoms with Gasteiger partial charge in [0, 0.05) is 5.48 Å². The summed E-state index contributed by atoms with van der Waals surface area (Å²) in [6.07, 6.45) is -2.60. The average molecular weight is 125 g/mol. The van der Waals surface area contributed by atoms with Gasteiger partial charge in [-0.1, -0.05) is 0 Å². The second-order valence-electron chi connectivity index (χ2n) is 1.46. The minimum absolute atomic E-state index is 1.25. The second kappa shape index (κ2) is 2.13. The molecule has 0 spiro atoms. The fraction of sp³-hybridized carbons (Fsp3) is 0.800. The van der Waals surface area contributed by atoms with E-state index in [1.54, 1.807) is 0 Å². The molecule has 3 nitrogen and oxygen atoms in total. The number of aliphatic carboxylic acids is 1. The smallest absolute Gasteiger partial charge is 0.320 e. The first-order valence-electron chi connectivity index (χ1n) is 4.37. The number of hydrogen-bond acceptors (Lipinski definition) is 2. The molecule has 3 heteroatoms. The molecule has 0 aromatic rings. The highest BCUT2D eigenvalue weighted by molar-refractivity contribution is 5.73. The van der Waals surface area contributed by atoms with Crippen molar-refractivity contribution in [2.45, 2.75) is 18.8 Å². The number of carboxylic acids is 1. The molecule has 0 saturated carbocycles. The van der Waals surface area contributed by atoms with E-state index >= 15 is 0 Å². The van der Waals surface area contributed by atoms with Gasteiger partial charge in [-0.15, -0.1) is 0 Å². The Labute approximate surface area is 53.3 Å². The minimum atomic E-state index is -2.07. The van der Waals surface area contributed by atoms with Crippen LogP contribution < -0.4 is 5.32 Å². The van der Waals surface area contributed by atoms with Crippen molar-refractivity contribution >= 4 is 5.97 Å². The van der Waals surface area contributed by atoms with Gasteiger partial charge in [0.15, 0.2) is 0 Å². The largest absolute Gasteiger partial charge is 0.480 e. The van der Waals surface area contributed by atoms with E-state index in [9.17, 15) is 4.79 Å². The van der Waals surface area contributed by atoms with Gasteiger partial charge in [-0.3, -0.25) is 4.79 Å². The van der Waals surface area contributed by atoms with Crippen molar-refractivity contribution in [2.75, 3.05) is 6.50 Å². The normalized spacial score (nSPS) is 60.2. The molecule has 46 valence electrons. The Bertz CT molecular complexity index is 210. The van der Waals surface area contributed by atoms with E-state index in [1.165, 1.54) is 0 Å². The predicted molar refractivity (Wildman–Crippen MR) is 28.7 cm³/mol. The lowest BCUT2D eigenvalue weighted by Crippen LogP contribution is -2.29. The zero-order valence-corrected chi connectivity index (χ0v) is 4.09. The van der Waals surface area contributed by atoms with Gasteiger partial charge in [0.25, 0.3) is 0 Å². The first-order chi connectivity index (χ1) is 5.36.